The number of carbonyl (C=O) groups excluding carboxylic acids is 3. The summed E-state index contributed by atoms with van der Waals surface area (Å²) in [5, 5.41) is 2.89. The van der Waals surface area contributed by atoms with Gasteiger partial charge in [-0.05, 0) is 49.7 Å². The van der Waals surface area contributed by atoms with Crippen LogP contribution in [0, 0.1) is 12.8 Å². The van der Waals surface area contributed by atoms with Gasteiger partial charge >= 0.3 is 0 Å². The monoisotopic (exact) mass is 377 g/mol. The van der Waals surface area contributed by atoms with Crippen LogP contribution in [-0.2, 0) is 14.4 Å². The molecule has 6 nitrogen and oxygen atoms in total. The highest BCUT2D eigenvalue weighted by atomic mass is 16.2. The minimum absolute atomic E-state index is 0.0353. The third-order valence-corrected chi connectivity index (χ3v) is 5.36. The first-order valence-corrected chi connectivity index (χ1v) is 9.59. The Balaban J connectivity index is 1.39. The van der Waals surface area contributed by atoms with E-state index >= 15 is 0 Å². The van der Waals surface area contributed by atoms with Crippen LogP contribution in [0.2, 0.25) is 0 Å². The number of benzene rings is 2. The highest BCUT2D eigenvalue weighted by molar-refractivity contribution is 6.03. The quantitative estimate of drug-likeness (QED) is 0.890. The molecule has 2 aromatic carbocycles. The lowest BCUT2D eigenvalue weighted by atomic mass is 10.1. The van der Waals surface area contributed by atoms with E-state index < -0.39 is 0 Å². The Morgan fingerprint density at radius 3 is 2.21 bits per heavy atom. The molecular formula is C22H23N3O3. The number of rotatable bonds is 4. The third-order valence-electron chi connectivity index (χ3n) is 5.36. The normalized spacial score (nSPS) is 19.4. The number of nitrogens with one attached hydrogen (secondary N) is 1. The van der Waals surface area contributed by atoms with Crippen LogP contribution in [0.1, 0.15) is 24.8 Å². The van der Waals surface area contributed by atoms with Crippen LogP contribution in [0.15, 0.2) is 48.5 Å². The predicted octanol–water partition coefficient (Wildman–Crippen LogP) is 3.11. The average molecular weight is 377 g/mol. The van der Waals surface area contributed by atoms with E-state index in [-0.39, 0.29) is 30.1 Å². The SMILES string of the molecule is Cc1ccc(N2CC(C(=O)Nc3ccc(N4CCCC4=O)cc3)CC2=O)cc1. The Kier molecular flexibility index (Phi) is 4.86. The Bertz CT molecular complexity index is 906. The minimum Gasteiger partial charge on any atom is -0.326 e. The second-order valence-corrected chi connectivity index (χ2v) is 7.43. The first-order chi connectivity index (χ1) is 13.5. The molecule has 0 saturated carbocycles. The Labute approximate surface area is 164 Å². The summed E-state index contributed by atoms with van der Waals surface area (Å²) in [6.07, 6.45) is 1.68. The zero-order chi connectivity index (χ0) is 19.7. The van der Waals surface area contributed by atoms with Gasteiger partial charge in [-0.2, -0.15) is 0 Å². The molecule has 144 valence electrons. The molecule has 2 fully saturated rings. The zero-order valence-corrected chi connectivity index (χ0v) is 15.9. The van der Waals surface area contributed by atoms with Crippen molar-refractivity contribution < 1.29 is 14.4 Å². The summed E-state index contributed by atoms with van der Waals surface area (Å²) in [6.45, 7) is 3.12. The smallest absolute Gasteiger partial charge is 0.229 e. The molecule has 2 heterocycles. The van der Waals surface area contributed by atoms with Crippen LogP contribution in [-0.4, -0.2) is 30.8 Å². The number of nitrogens with zero attached hydrogens (tertiary/aromatic N) is 2. The minimum atomic E-state index is -0.381. The molecule has 2 saturated heterocycles. The maximum Gasteiger partial charge on any atom is 0.229 e. The van der Waals surface area contributed by atoms with Crippen LogP contribution in [0.3, 0.4) is 0 Å². The molecule has 6 heteroatoms. The van der Waals surface area contributed by atoms with Crippen molar-refractivity contribution in [1.29, 1.82) is 0 Å². The van der Waals surface area contributed by atoms with Crippen LogP contribution >= 0.6 is 0 Å². The molecule has 1 unspecified atom stereocenters. The third kappa shape index (κ3) is 3.63. The van der Waals surface area contributed by atoms with Gasteiger partial charge in [-0.1, -0.05) is 17.7 Å². The van der Waals surface area contributed by atoms with E-state index in [1.165, 1.54) is 0 Å². The topological polar surface area (TPSA) is 69.7 Å². The van der Waals surface area contributed by atoms with Gasteiger partial charge in [-0.3, -0.25) is 14.4 Å². The van der Waals surface area contributed by atoms with Crippen LogP contribution in [0.4, 0.5) is 17.1 Å². The fraction of sp³-hybridized carbons (Fsp3) is 0.318. The fourth-order valence-corrected chi connectivity index (χ4v) is 3.75. The molecule has 2 aliphatic heterocycles. The molecule has 0 aliphatic carbocycles. The first-order valence-electron chi connectivity index (χ1n) is 9.59. The summed E-state index contributed by atoms with van der Waals surface area (Å²) in [5.41, 5.74) is 3.47. The largest absolute Gasteiger partial charge is 0.326 e. The summed E-state index contributed by atoms with van der Waals surface area (Å²) in [5.74, 6) is -0.439. The molecule has 3 amide bonds. The van der Waals surface area contributed by atoms with Crippen molar-refractivity contribution in [1.82, 2.24) is 0 Å². The number of hydrogen-bond donors (Lipinski definition) is 1. The van der Waals surface area contributed by atoms with Crippen molar-refractivity contribution in [3.8, 4) is 0 Å². The number of hydrogen-bond acceptors (Lipinski definition) is 3. The van der Waals surface area contributed by atoms with E-state index in [9.17, 15) is 14.4 Å². The molecule has 0 bridgehead atoms. The summed E-state index contributed by atoms with van der Waals surface area (Å²) >= 11 is 0. The van der Waals surface area contributed by atoms with Crippen LogP contribution < -0.4 is 15.1 Å². The van der Waals surface area contributed by atoms with E-state index in [2.05, 4.69) is 5.32 Å². The summed E-state index contributed by atoms with van der Waals surface area (Å²) in [7, 11) is 0. The van der Waals surface area contributed by atoms with Crippen molar-refractivity contribution in [2.45, 2.75) is 26.2 Å². The standard InChI is InChI=1S/C22H23N3O3/c1-15-4-8-19(9-5-15)25-14-16(13-21(25)27)22(28)23-17-6-10-18(11-7-17)24-12-2-3-20(24)26/h4-11,16H,2-3,12-14H2,1H3,(H,23,28). The molecule has 0 spiro atoms. The van der Waals surface area contributed by atoms with Gasteiger partial charge in [-0.15, -0.1) is 0 Å². The second kappa shape index (κ2) is 7.46. The maximum absolute atomic E-state index is 12.6. The van der Waals surface area contributed by atoms with Crippen molar-refractivity contribution in [3.63, 3.8) is 0 Å². The number of carbonyl (C=O) groups is 3. The van der Waals surface area contributed by atoms with Crippen molar-refractivity contribution in [3.05, 3.63) is 54.1 Å². The number of aryl methyl sites for hydroxylation is 1. The molecular weight excluding hydrogens is 354 g/mol. The highest BCUT2D eigenvalue weighted by Crippen LogP contribution is 2.27. The second-order valence-electron chi connectivity index (χ2n) is 7.43. The summed E-state index contributed by atoms with van der Waals surface area (Å²) in [6, 6.07) is 15.0. The van der Waals surface area contributed by atoms with Crippen molar-refractivity contribution in [2.24, 2.45) is 5.92 Å². The Morgan fingerprint density at radius 1 is 0.929 bits per heavy atom. The van der Waals surface area contributed by atoms with Gasteiger partial charge in [-0.25, -0.2) is 0 Å². The molecule has 2 aromatic rings. The number of amides is 3. The molecule has 0 radical (unpaired) electrons. The van der Waals surface area contributed by atoms with Gasteiger partial charge in [0.05, 0.1) is 5.92 Å². The highest BCUT2D eigenvalue weighted by Gasteiger charge is 2.35. The van der Waals surface area contributed by atoms with E-state index in [4.69, 9.17) is 0 Å². The van der Waals surface area contributed by atoms with E-state index in [1.807, 2.05) is 43.3 Å². The maximum atomic E-state index is 12.6. The molecule has 28 heavy (non-hydrogen) atoms. The molecule has 1 N–H and O–H groups in total. The van der Waals surface area contributed by atoms with E-state index in [1.54, 1.807) is 21.9 Å². The first kappa shape index (κ1) is 18.2. The fourth-order valence-electron chi connectivity index (χ4n) is 3.75. The van der Waals surface area contributed by atoms with Crippen LogP contribution in [0.5, 0.6) is 0 Å². The predicted molar refractivity (Wildman–Crippen MR) is 108 cm³/mol. The molecule has 4 rings (SSSR count). The summed E-state index contributed by atoms with van der Waals surface area (Å²) < 4.78 is 0. The van der Waals surface area contributed by atoms with E-state index in [0.717, 1.165) is 29.9 Å². The lowest BCUT2D eigenvalue weighted by Crippen LogP contribution is -2.28. The van der Waals surface area contributed by atoms with Crippen molar-refractivity contribution in [2.75, 3.05) is 28.2 Å². The Hall–Kier alpha value is -3.15. The van der Waals surface area contributed by atoms with E-state index in [0.29, 0.717) is 18.7 Å². The van der Waals surface area contributed by atoms with Gasteiger partial charge in [0.15, 0.2) is 0 Å². The van der Waals surface area contributed by atoms with Crippen molar-refractivity contribution >= 4 is 34.8 Å². The average Bonchev–Trinajstić information content (AvgIpc) is 3.29. The van der Waals surface area contributed by atoms with Crippen LogP contribution in [0.25, 0.3) is 0 Å². The zero-order valence-electron chi connectivity index (χ0n) is 15.9. The van der Waals surface area contributed by atoms with Gasteiger partial charge in [0.1, 0.15) is 0 Å². The lowest BCUT2D eigenvalue weighted by Gasteiger charge is -2.17. The van der Waals surface area contributed by atoms with Gasteiger partial charge in [0, 0.05) is 43.0 Å². The number of anilines is 3. The lowest BCUT2D eigenvalue weighted by molar-refractivity contribution is -0.122. The molecule has 2 aliphatic rings. The van der Waals surface area contributed by atoms with Gasteiger partial charge in [0.2, 0.25) is 17.7 Å². The van der Waals surface area contributed by atoms with Gasteiger partial charge < -0.3 is 15.1 Å². The Morgan fingerprint density at radius 2 is 1.57 bits per heavy atom. The molecule has 1 atom stereocenters. The molecule has 0 aromatic heterocycles. The summed E-state index contributed by atoms with van der Waals surface area (Å²) in [4.78, 5) is 40.3. The van der Waals surface area contributed by atoms with Gasteiger partial charge in [0.25, 0.3) is 0 Å².